The standard InChI is InChI=1S/C21H36N6O2/c1-5-22-20(25-18-11-13-27(14-12-18)21(28)29-8-4)24-16-17-9-10-19(23-15-17)26(6-2)7-3/h9-10,15,18H,5-8,11-14,16H2,1-4H3,(H2,22,24,25). The largest absolute Gasteiger partial charge is 0.450 e. The highest BCUT2D eigenvalue weighted by atomic mass is 16.6. The first-order valence-electron chi connectivity index (χ1n) is 10.8. The van der Waals surface area contributed by atoms with E-state index in [-0.39, 0.29) is 6.09 Å². The summed E-state index contributed by atoms with van der Waals surface area (Å²) in [5, 5.41) is 6.81. The predicted molar refractivity (Wildman–Crippen MR) is 117 cm³/mol. The lowest BCUT2D eigenvalue weighted by Crippen LogP contribution is -2.49. The van der Waals surface area contributed by atoms with Crippen LogP contribution in [0, 0.1) is 0 Å². The van der Waals surface area contributed by atoms with Gasteiger partial charge in [-0.2, -0.15) is 0 Å². The second kappa shape index (κ2) is 12.1. The van der Waals surface area contributed by atoms with Crippen LogP contribution in [-0.4, -0.2) is 67.3 Å². The maximum atomic E-state index is 11.8. The minimum atomic E-state index is -0.216. The van der Waals surface area contributed by atoms with E-state index < -0.39 is 0 Å². The molecule has 1 aromatic heterocycles. The number of aliphatic imine (C=N–C) groups is 1. The molecule has 8 heteroatoms. The first-order chi connectivity index (χ1) is 14.1. The Morgan fingerprint density at radius 3 is 2.52 bits per heavy atom. The van der Waals surface area contributed by atoms with Crippen LogP contribution in [0.2, 0.25) is 0 Å². The maximum absolute atomic E-state index is 11.8. The smallest absolute Gasteiger partial charge is 0.409 e. The number of amides is 1. The Morgan fingerprint density at radius 2 is 1.97 bits per heavy atom. The Kier molecular flexibility index (Phi) is 9.53. The molecule has 0 unspecified atom stereocenters. The normalized spacial score (nSPS) is 15.2. The zero-order chi connectivity index (χ0) is 21.1. The van der Waals surface area contributed by atoms with Crippen LogP contribution in [0.5, 0.6) is 0 Å². The molecule has 8 nitrogen and oxygen atoms in total. The molecule has 0 saturated carbocycles. The molecule has 0 radical (unpaired) electrons. The van der Waals surface area contributed by atoms with Gasteiger partial charge in [0, 0.05) is 45.0 Å². The highest BCUT2D eigenvalue weighted by molar-refractivity contribution is 5.80. The Bertz CT molecular complexity index is 637. The van der Waals surface area contributed by atoms with E-state index >= 15 is 0 Å². The lowest BCUT2D eigenvalue weighted by atomic mass is 10.1. The second-order valence-corrected chi connectivity index (χ2v) is 7.00. The summed E-state index contributed by atoms with van der Waals surface area (Å²) in [5.74, 6) is 1.80. The summed E-state index contributed by atoms with van der Waals surface area (Å²) >= 11 is 0. The van der Waals surface area contributed by atoms with Crippen LogP contribution < -0.4 is 15.5 Å². The number of likely N-dealkylation sites (tertiary alicyclic amines) is 1. The molecule has 2 heterocycles. The van der Waals surface area contributed by atoms with Gasteiger partial charge in [-0.3, -0.25) is 0 Å². The Hall–Kier alpha value is -2.51. The highest BCUT2D eigenvalue weighted by Gasteiger charge is 2.24. The van der Waals surface area contributed by atoms with Gasteiger partial charge in [0.1, 0.15) is 5.82 Å². The zero-order valence-electron chi connectivity index (χ0n) is 18.3. The van der Waals surface area contributed by atoms with Crippen molar-refractivity contribution < 1.29 is 9.53 Å². The molecular weight excluding hydrogens is 368 g/mol. The van der Waals surface area contributed by atoms with Gasteiger partial charge in [-0.25, -0.2) is 14.8 Å². The van der Waals surface area contributed by atoms with Crippen molar-refractivity contribution in [2.75, 3.05) is 44.2 Å². The third-order valence-electron chi connectivity index (χ3n) is 5.02. The Labute approximate surface area is 174 Å². The topological polar surface area (TPSA) is 82.1 Å². The van der Waals surface area contributed by atoms with E-state index in [1.807, 2.05) is 13.1 Å². The fraction of sp³-hybridized carbons (Fsp3) is 0.667. The molecule has 0 aliphatic carbocycles. The van der Waals surface area contributed by atoms with Crippen molar-refractivity contribution in [2.24, 2.45) is 4.99 Å². The van der Waals surface area contributed by atoms with Crippen molar-refractivity contribution in [3.63, 3.8) is 0 Å². The van der Waals surface area contributed by atoms with Crippen molar-refractivity contribution in [1.29, 1.82) is 0 Å². The van der Waals surface area contributed by atoms with Gasteiger partial charge in [-0.15, -0.1) is 0 Å². The van der Waals surface area contributed by atoms with E-state index in [2.05, 4.69) is 53.4 Å². The van der Waals surface area contributed by atoms with Gasteiger partial charge in [-0.05, 0) is 52.2 Å². The highest BCUT2D eigenvalue weighted by Crippen LogP contribution is 2.13. The molecule has 1 saturated heterocycles. The maximum Gasteiger partial charge on any atom is 0.409 e. The minimum Gasteiger partial charge on any atom is -0.450 e. The van der Waals surface area contributed by atoms with Crippen LogP contribution in [0.3, 0.4) is 0 Å². The number of rotatable bonds is 8. The van der Waals surface area contributed by atoms with Gasteiger partial charge in [-0.1, -0.05) is 6.07 Å². The quantitative estimate of drug-likeness (QED) is 0.512. The summed E-state index contributed by atoms with van der Waals surface area (Å²) in [4.78, 5) is 25.1. The summed E-state index contributed by atoms with van der Waals surface area (Å²) < 4.78 is 5.08. The fourth-order valence-corrected chi connectivity index (χ4v) is 3.35. The number of piperidine rings is 1. The molecule has 1 fully saturated rings. The van der Waals surface area contributed by atoms with Crippen LogP contribution in [0.4, 0.5) is 10.6 Å². The lowest BCUT2D eigenvalue weighted by molar-refractivity contribution is 0.0963. The molecule has 1 amide bonds. The third kappa shape index (κ3) is 7.11. The van der Waals surface area contributed by atoms with Crippen molar-refractivity contribution in [1.82, 2.24) is 20.5 Å². The van der Waals surface area contributed by atoms with E-state index in [1.165, 1.54) is 0 Å². The summed E-state index contributed by atoms with van der Waals surface area (Å²) in [7, 11) is 0. The molecule has 162 valence electrons. The Balaban J connectivity index is 1.89. The monoisotopic (exact) mass is 404 g/mol. The van der Waals surface area contributed by atoms with Gasteiger partial charge in [0.2, 0.25) is 0 Å². The van der Waals surface area contributed by atoms with E-state index in [0.717, 1.165) is 49.8 Å². The van der Waals surface area contributed by atoms with Crippen molar-refractivity contribution in [3.8, 4) is 0 Å². The van der Waals surface area contributed by atoms with Crippen molar-refractivity contribution >= 4 is 17.9 Å². The number of anilines is 1. The number of guanidine groups is 1. The SMILES string of the molecule is CCNC(=NCc1ccc(N(CC)CC)nc1)NC1CCN(C(=O)OCC)CC1. The van der Waals surface area contributed by atoms with Gasteiger partial charge in [0.15, 0.2) is 5.96 Å². The van der Waals surface area contributed by atoms with Crippen molar-refractivity contribution in [2.45, 2.75) is 53.1 Å². The number of nitrogens with one attached hydrogen (secondary N) is 2. The summed E-state index contributed by atoms with van der Waals surface area (Å²) in [5.41, 5.74) is 1.08. The number of carbonyl (C=O) groups excluding carboxylic acids is 1. The van der Waals surface area contributed by atoms with Crippen LogP contribution in [0.1, 0.15) is 46.1 Å². The fourth-order valence-electron chi connectivity index (χ4n) is 3.35. The molecule has 1 aliphatic rings. The molecule has 0 atom stereocenters. The first-order valence-corrected chi connectivity index (χ1v) is 10.8. The molecule has 0 spiro atoms. The van der Waals surface area contributed by atoms with E-state index in [0.29, 0.717) is 32.3 Å². The average molecular weight is 405 g/mol. The number of ether oxygens (including phenoxy) is 1. The lowest BCUT2D eigenvalue weighted by Gasteiger charge is -2.32. The molecule has 0 bridgehead atoms. The number of hydrogen-bond acceptors (Lipinski definition) is 5. The number of hydrogen-bond donors (Lipinski definition) is 2. The van der Waals surface area contributed by atoms with Crippen molar-refractivity contribution in [3.05, 3.63) is 23.9 Å². The summed E-state index contributed by atoms with van der Waals surface area (Å²) in [6.07, 6.45) is 3.44. The molecule has 1 aliphatic heterocycles. The average Bonchev–Trinajstić information content (AvgIpc) is 2.74. The van der Waals surface area contributed by atoms with Gasteiger partial charge in [0.05, 0.1) is 13.2 Å². The third-order valence-corrected chi connectivity index (χ3v) is 5.02. The summed E-state index contributed by atoms with van der Waals surface area (Å²) in [6, 6.07) is 4.44. The number of aromatic nitrogens is 1. The molecular formula is C21H36N6O2. The van der Waals surface area contributed by atoms with E-state index in [9.17, 15) is 4.79 Å². The van der Waals surface area contributed by atoms with Crippen LogP contribution in [0.15, 0.2) is 23.3 Å². The number of carbonyl (C=O) groups is 1. The van der Waals surface area contributed by atoms with E-state index in [4.69, 9.17) is 9.73 Å². The van der Waals surface area contributed by atoms with Crippen LogP contribution >= 0.6 is 0 Å². The number of nitrogens with zero attached hydrogens (tertiary/aromatic N) is 4. The predicted octanol–water partition coefficient (Wildman–Crippen LogP) is 2.60. The second-order valence-electron chi connectivity index (χ2n) is 7.00. The molecule has 2 N–H and O–H groups in total. The van der Waals surface area contributed by atoms with E-state index in [1.54, 1.807) is 4.90 Å². The molecule has 2 rings (SSSR count). The zero-order valence-corrected chi connectivity index (χ0v) is 18.3. The minimum absolute atomic E-state index is 0.216. The molecule has 29 heavy (non-hydrogen) atoms. The van der Waals surface area contributed by atoms with Gasteiger partial charge >= 0.3 is 6.09 Å². The van der Waals surface area contributed by atoms with Crippen LogP contribution in [0.25, 0.3) is 0 Å². The molecule has 0 aromatic carbocycles. The van der Waals surface area contributed by atoms with Gasteiger partial charge < -0.3 is 25.2 Å². The van der Waals surface area contributed by atoms with Crippen LogP contribution in [-0.2, 0) is 11.3 Å². The summed E-state index contributed by atoms with van der Waals surface area (Å²) in [6.45, 7) is 13.2. The molecule has 1 aromatic rings. The van der Waals surface area contributed by atoms with Gasteiger partial charge in [0.25, 0.3) is 0 Å². The number of pyridine rings is 1. The Morgan fingerprint density at radius 1 is 1.24 bits per heavy atom. The first kappa shape index (κ1) is 22.8.